The molecule has 3 aromatic carbocycles. The maximum Gasteiger partial charge on any atom is 0.101 e. The predicted octanol–water partition coefficient (Wildman–Crippen LogP) is 5.79. The topological polar surface area (TPSA) is 12.4 Å². The van der Waals surface area contributed by atoms with Crippen molar-refractivity contribution in [3.05, 3.63) is 107 Å². The molecule has 0 spiro atoms. The van der Waals surface area contributed by atoms with Gasteiger partial charge in [0, 0.05) is 6.21 Å². The molecule has 0 saturated carbocycles. The summed E-state index contributed by atoms with van der Waals surface area (Å²) >= 11 is 0. The summed E-state index contributed by atoms with van der Waals surface area (Å²) < 4.78 is 0. The number of rotatable bonds is 2. The molecule has 0 aliphatic carbocycles. The molecule has 0 N–H and O–H groups in total. The Balaban J connectivity index is 1.99. The summed E-state index contributed by atoms with van der Waals surface area (Å²) in [6, 6.07) is 29.7. The van der Waals surface area contributed by atoms with Gasteiger partial charge in [-0.1, -0.05) is 84.9 Å². The first kappa shape index (κ1) is 14.6. The highest BCUT2D eigenvalue weighted by Crippen LogP contribution is 2.41. The van der Waals surface area contributed by atoms with Gasteiger partial charge in [-0.25, -0.2) is 0 Å². The molecular formula is C23H19N. The third-order valence-electron chi connectivity index (χ3n) is 4.61. The lowest BCUT2D eigenvalue weighted by atomic mass is 9.87. The summed E-state index contributed by atoms with van der Waals surface area (Å²) in [6.07, 6.45) is 2.02. The summed E-state index contributed by atoms with van der Waals surface area (Å²) in [5.41, 5.74) is 7.48. The fourth-order valence-electron chi connectivity index (χ4n) is 3.41. The molecule has 1 nitrogen and oxygen atoms in total. The third-order valence-corrected chi connectivity index (χ3v) is 4.61. The summed E-state index contributed by atoms with van der Waals surface area (Å²) in [4.78, 5) is 4.96. The summed E-state index contributed by atoms with van der Waals surface area (Å²) in [7, 11) is 0. The van der Waals surface area contributed by atoms with Gasteiger partial charge in [-0.3, -0.25) is 4.99 Å². The van der Waals surface area contributed by atoms with Crippen LogP contribution in [0.5, 0.6) is 0 Å². The second kappa shape index (κ2) is 6.29. The van der Waals surface area contributed by atoms with E-state index in [2.05, 4.69) is 91.9 Å². The molecule has 1 aliphatic heterocycles. The van der Waals surface area contributed by atoms with Gasteiger partial charge in [0.25, 0.3) is 0 Å². The van der Waals surface area contributed by atoms with E-state index in [1.165, 1.54) is 33.4 Å². The first-order chi connectivity index (χ1) is 11.8. The Morgan fingerprint density at radius 3 is 2.08 bits per heavy atom. The van der Waals surface area contributed by atoms with Gasteiger partial charge in [0.1, 0.15) is 6.04 Å². The quantitative estimate of drug-likeness (QED) is 0.568. The van der Waals surface area contributed by atoms with Crippen LogP contribution in [-0.4, -0.2) is 6.21 Å². The van der Waals surface area contributed by atoms with Gasteiger partial charge in [0.2, 0.25) is 0 Å². The second-order valence-corrected chi connectivity index (χ2v) is 6.08. The molecule has 0 saturated heterocycles. The van der Waals surface area contributed by atoms with Crippen molar-refractivity contribution in [1.82, 2.24) is 0 Å². The standard InChI is InChI=1S/C23H19N/c1-17-21-15-9-8-14-20(21)16-24-23(19-12-6-3-7-13-19)22(17)18-10-4-2-5-11-18/h2-16,23H,1H3. The van der Waals surface area contributed by atoms with Gasteiger partial charge in [0.15, 0.2) is 0 Å². The Morgan fingerprint density at radius 1 is 0.708 bits per heavy atom. The van der Waals surface area contributed by atoms with Crippen LogP contribution in [0.2, 0.25) is 0 Å². The summed E-state index contributed by atoms with van der Waals surface area (Å²) in [5.74, 6) is 0. The van der Waals surface area contributed by atoms with Crippen molar-refractivity contribution in [2.45, 2.75) is 13.0 Å². The normalized spacial score (nSPS) is 16.6. The maximum absolute atomic E-state index is 4.96. The van der Waals surface area contributed by atoms with Crippen LogP contribution in [-0.2, 0) is 0 Å². The number of hydrogen-bond acceptors (Lipinski definition) is 1. The fourth-order valence-corrected chi connectivity index (χ4v) is 3.41. The molecule has 116 valence electrons. The monoisotopic (exact) mass is 309 g/mol. The highest BCUT2D eigenvalue weighted by molar-refractivity contribution is 6.00. The molecule has 1 heterocycles. The predicted molar refractivity (Wildman–Crippen MR) is 102 cm³/mol. The Kier molecular flexibility index (Phi) is 3.84. The number of hydrogen-bond donors (Lipinski definition) is 0. The van der Waals surface area contributed by atoms with Crippen molar-refractivity contribution in [3.8, 4) is 0 Å². The fraction of sp³-hybridized carbons (Fsp3) is 0.0870. The zero-order chi connectivity index (χ0) is 16.4. The molecule has 0 aromatic heterocycles. The zero-order valence-corrected chi connectivity index (χ0v) is 13.7. The minimum atomic E-state index is 0.0148. The van der Waals surface area contributed by atoms with Crippen LogP contribution in [0.1, 0.15) is 35.2 Å². The zero-order valence-electron chi connectivity index (χ0n) is 13.7. The summed E-state index contributed by atoms with van der Waals surface area (Å²) in [5, 5.41) is 0. The lowest BCUT2D eigenvalue weighted by Gasteiger charge is -2.19. The van der Waals surface area contributed by atoms with E-state index in [0.717, 1.165) is 0 Å². The smallest absolute Gasteiger partial charge is 0.101 e. The van der Waals surface area contributed by atoms with E-state index < -0.39 is 0 Å². The Labute approximate surface area is 143 Å². The van der Waals surface area contributed by atoms with Crippen LogP contribution >= 0.6 is 0 Å². The van der Waals surface area contributed by atoms with Crippen LogP contribution < -0.4 is 0 Å². The largest absolute Gasteiger partial charge is 0.280 e. The second-order valence-electron chi connectivity index (χ2n) is 6.08. The van der Waals surface area contributed by atoms with E-state index in [4.69, 9.17) is 4.99 Å². The lowest BCUT2D eigenvalue weighted by Crippen LogP contribution is -2.01. The van der Waals surface area contributed by atoms with Crippen molar-refractivity contribution in [2.24, 2.45) is 4.99 Å². The van der Waals surface area contributed by atoms with Gasteiger partial charge < -0.3 is 0 Å². The first-order valence-corrected chi connectivity index (χ1v) is 8.28. The third kappa shape index (κ3) is 2.59. The minimum Gasteiger partial charge on any atom is -0.280 e. The van der Waals surface area contributed by atoms with E-state index in [1.54, 1.807) is 0 Å². The SMILES string of the molecule is CC1=C(c2ccccc2)C(c2ccccc2)N=Cc2ccccc21. The first-order valence-electron chi connectivity index (χ1n) is 8.28. The van der Waals surface area contributed by atoms with Gasteiger partial charge in [-0.2, -0.15) is 0 Å². The lowest BCUT2D eigenvalue weighted by molar-refractivity contribution is 0.942. The number of benzene rings is 3. The molecule has 3 aromatic rings. The Morgan fingerprint density at radius 2 is 1.33 bits per heavy atom. The number of aliphatic imine (C=N–C) groups is 1. The minimum absolute atomic E-state index is 0.0148. The molecule has 0 fully saturated rings. The van der Waals surface area contributed by atoms with Gasteiger partial charge in [0.05, 0.1) is 0 Å². The van der Waals surface area contributed by atoms with Crippen LogP contribution in [0, 0.1) is 0 Å². The molecule has 0 amide bonds. The molecule has 1 atom stereocenters. The van der Waals surface area contributed by atoms with Crippen LogP contribution in [0.25, 0.3) is 11.1 Å². The molecule has 0 bridgehead atoms. The van der Waals surface area contributed by atoms with Crippen molar-refractivity contribution >= 4 is 17.4 Å². The maximum atomic E-state index is 4.96. The molecule has 1 heteroatoms. The molecule has 1 unspecified atom stereocenters. The van der Waals surface area contributed by atoms with E-state index >= 15 is 0 Å². The van der Waals surface area contributed by atoms with E-state index in [1.807, 2.05) is 6.21 Å². The van der Waals surface area contributed by atoms with Gasteiger partial charge in [-0.15, -0.1) is 0 Å². The van der Waals surface area contributed by atoms with Crippen molar-refractivity contribution in [3.63, 3.8) is 0 Å². The van der Waals surface area contributed by atoms with E-state index in [9.17, 15) is 0 Å². The van der Waals surface area contributed by atoms with Gasteiger partial charge in [-0.05, 0) is 40.3 Å². The van der Waals surface area contributed by atoms with Crippen LogP contribution in [0.3, 0.4) is 0 Å². The summed E-state index contributed by atoms with van der Waals surface area (Å²) in [6.45, 7) is 2.21. The molecular weight excluding hydrogens is 290 g/mol. The number of nitrogens with zero attached hydrogens (tertiary/aromatic N) is 1. The van der Waals surface area contributed by atoms with Crippen LogP contribution in [0.4, 0.5) is 0 Å². The van der Waals surface area contributed by atoms with Crippen molar-refractivity contribution < 1.29 is 0 Å². The average molecular weight is 309 g/mol. The Hall–Kier alpha value is -2.93. The highest BCUT2D eigenvalue weighted by Gasteiger charge is 2.23. The Bertz CT molecular complexity index is 905. The number of allylic oxidation sites excluding steroid dienone is 1. The average Bonchev–Trinajstić information content (AvgIpc) is 2.80. The molecule has 0 radical (unpaired) electrons. The molecule has 24 heavy (non-hydrogen) atoms. The van der Waals surface area contributed by atoms with Crippen molar-refractivity contribution in [1.29, 1.82) is 0 Å². The molecule has 4 rings (SSSR count). The molecule has 1 aliphatic rings. The van der Waals surface area contributed by atoms with Crippen LogP contribution in [0.15, 0.2) is 89.9 Å². The van der Waals surface area contributed by atoms with Gasteiger partial charge >= 0.3 is 0 Å². The highest BCUT2D eigenvalue weighted by atomic mass is 14.8. The number of fused-ring (bicyclic) bond motifs is 1. The van der Waals surface area contributed by atoms with E-state index in [-0.39, 0.29) is 6.04 Å². The van der Waals surface area contributed by atoms with E-state index in [0.29, 0.717) is 0 Å². The van der Waals surface area contributed by atoms with Crippen molar-refractivity contribution in [2.75, 3.05) is 0 Å².